The second-order valence-electron chi connectivity index (χ2n) is 6.47. The lowest BCUT2D eigenvalue weighted by Crippen LogP contribution is -2.40. The van der Waals surface area contributed by atoms with E-state index in [-0.39, 0.29) is 12.5 Å². The molecule has 6 nitrogen and oxygen atoms in total. The Morgan fingerprint density at radius 2 is 2.07 bits per heavy atom. The number of hydrogen-bond acceptors (Lipinski definition) is 6. The third-order valence-corrected chi connectivity index (χ3v) is 5.76. The molecule has 2 heterocycles. The number of thiophene rings is 1. The number of carbonyl (C=O) groups is 1. The van der Waals surface area contributed by atoms with E-state index in [1.54, 1.807) is 11.8 Å². The Morgan fingerprint density at radius 1 is 1.36 bits per heavy atom. The van der Waals surface area contributed by atoms with Gasteiger partial charge in [-0.05, 0) is 62.4 Å². The van der Waals surface area contributed by atoms with Gasteiger partial charge in [-0.15, -0.1) is 11.3 Å². The quantitative estimate of drug-likeness (QED) is 0.545. The van der Waals surface area contributed by atoms with Gasteiger partial charge >= 0.3 is 0 Å². The molecular weight excluding hydrogens is 398 g/mol. The fourth-order valence-corrected chi connectivity index (χ4v) is 3.58. The molecule has 28 heavy (non-hydrogen) atoms. The minimum Gasteiger partial charge on any atom is -0.481 e. The maximum atomic E-state index is 12.8. The first-order valence-electron chi connectivity index (χ1n) is 8.97. The van der Waals surface area contributed by atoms with Gasteiger partial charge in [0.25, 0.3) is 5.91 Å². The van der Waals surface area contributed by atoms with Crippen LogP contribution >= 0.6 is 22.9 Å². The molecule has 1 amide bonds. The van der Waals surface area contributed by atoms with Gasteiger partial charge in [-0.25, -0.2) is 0 Å². The van der Waals surface area contributed by atoms with E-state index in [2.05, 4.69) is 10.1 Å². The molecule has 0 N–H and O–H groups in total. The van der Waals surface area contributed by atoms with Crippen LogP contribution in [0.3, 0.4) is 0 Å². The van der Waals surface area contributed by atoms with E-state index in [4.69, 9.17) is 20.9 Å². The molecule has 0 fully saturated rings. The van der Waals surface area contributed by atoms with E-state index < -0.39 is 6.10 Å². The summed E-state index contributed by atoms with van der Waals surface area (Å²) in [6.07, 6.45) is -0.653. The normalized spacial score (nSPS) is 12.0. The van der Waals surface area contributed by atoms with Crippen LogP contribution in [0.5, 0.6) is 5.75 Å². The highest BCUT2D eigenvalue weighted by Gasteiger charge is 2.23. The largest absolute Gasteiger partial charge is 0.481 e. The van der Waals surface area contributed by atoms with Crippen LogP contribution < -0.4 is 4.74 Å². The predicted molar refractivity (Wildman–Crippen MR) is 110 cm³/mol. The molecule has 1 aromatic carbocycles. The van der Waals surface area contributed by atoms with Gasteiger partial charge in [0.1, 0.15) is 12.3 Å². The molecule has 0 saturated heterocycles. The molecule has 0 unspecified atom stereocenters. The van der Waals surface area contributed by atoms with Crippen LogP contribution in [0.25, 0.3) is 10.7 Å². The Balaban J connectivity index is 1.67. The third-order valence-electron chi connectivity index (χ3n) is 4.30. The lowest BCUT2D eigenvalue weighted by molar-refractivity contribution is -0.138. The van der Waals surface area contributed by atoms with Gasteiger partial charge in [0.15, 0.2) is 6.10 Å². The molecule has 3 rings (SSSR count). The van der Waals surface area contributed by atoms with Crippen molar-refractivity contribution in [2.24, 2.45) is 0 Å². The summed E-state index contributed by atoms with van der Waals surface area (Å²) in [6.45, 7) is 8.19. The topological polar surface area (TPSA) is 68.5 Å². The second-order valence-corrected chi connectivity index (χ2v) is 7.80. The molecule has 148 valence electrons. The highest BCUT2D eigenvalue weighted by atomic mass is 35.5. The van der Waals surface area contributed by atoms with Crippen molar-refractivity contribution in [2.75, 3.05) is 6.54 Å². The smallest absolute Gasteiger partial charge is 0.263 e. The number of nitrogens with zero attached hydrogens (tertiary/aromatic N) is 3. The molecule has 0 aliphatic rings. The summed E-state index contributed by atoms with van der Waals surface area (Å²) >= 11 is 7.73. The standard InChI is InChI=1S/C20H22ClN3O3S/c1-5-24(11-17-22-19(23-27-17)16-7-6-8-28-16)20(25)14(4)26-15-9-12(2)18(21)13(3)10-15/h6-10,14H,5,11H2,1-4H3/t14-/m0/s1. The van der Waals surface area contributed by atoms with Crippen molar-refractivity contribution in [2.45, 2.75) is 40.3 Å². The zero-order valence-electron chi connectivity index (χ0n) is 16.2. The molecule has 0 saturated carbocycles. The fourth-order valence-electron chi connectivity index (χ4n) is 2.82. The van der Waals surface area contributed by atoms with Crippen LogP contribution in [0.1, 0.15) is 30.9 Å². The van der Waals surface area contributed by atoms with Crippen molar-refractivity contribution < 1.29 is 14.1 Å². The van der Waals surface area contributed by atoms with Crippen molar-refractivity contribution in [1.29, 1.82) is 0 Å². The number of halogens is 1. The monoisotopic (exact) mass is 419 g/mol. The highest BCUT2D eigenvalue weighted by Crippen LogP contribution is 2.27. The molecule has 0 spiro atoms. The molecule has 1 atom stereocenters. The van der Waals surface area contributed by atoms with Crippen LogP contribution in [-0.2, 0) is 11.3 Å². The highest BCUT2D eigenvalue weighted by molar-refractivity contribution is 7.13. The van der Waals surface area contributed by atoms with Crippen LogP contribution in [0.15, 0.2) is 34.2 Å². The molecular formula is C20H22ClN3O3S. The molecule has 2 aromatic heterocycles. The fraction of sp³-hybridized carbons (Fsp3) is 0.350. The van der Waals surface area contributed by atoms with Crippen LogP contribution in [0, 0.1) is 13.8 Å². The van der Waals surface area contributed by atoms with Gasteiger partial charge in [-0.2, -0.15) is 4.98 Å². The summed E-state index contributed by atoms with van der Waals surface area (Å²) < 4.78 is 11.2. The zero-order chi connectivity index (χ0) is 20.3. The maximum absolute atomic E-state index is 12.8. The number of aryl methyl sites for hydroxylation is 2. The first-order valence-corrected chi connectivity index (χ1v) is 10.2. The third kappa shape index (κ3) is 4.54. The van der Waals surface area contributed by atoms with E-state index in [0.717, 1.165) is 16.0 Å². The minimum atomic E-state index is -0.653. The average Bonchev–Trinajstić information content (AvgIpc) is 3.35. The van der Waals surface area contributed by atoms with Gasteiger partial charge in [0.05, 0.1) is 4.88 Å². The van der Waals surface area contributed by atoms with Crippen molar-refractivity contribution in [3.05, 3.63) is 51.7 Å². The Hall–Kier alpha value is -2.38. The van der Waals surface area contributed by atoms with Gasteiger partial charge < -0.3 is 14.2 Å². The molecule has 0 aliphatic carbocycles. The summed E-state index contributed by atoms with van der Waals surface area (Å²) in [5.74, 6) is 1.40. The molecule has 8 heteroatoms. The molecule has 0 radical (unpaired) electrons. The Kier molecular flexibility index (Phi) is 6.36. The maximum Gasteiger partial charge on any atom is 0.263 e. The van der Waals surface area contributed by atoms with Crippen molar-refractivity contribution in [1.82, 2.24) is 15.0 Å². The number of amides is 1. The Morgan fingerprint density at radius 3 is 2.68 bits per heavy atom. The van der Waals surface area contributed by atoms with E-state index in [0.29, 0.717) is 29.0 Å². The van der Waals surface area contributed by atoms with E-state index >= 15 is 0 Å². The number of rotatable bonds is 7. The van der Waals surface area contributed by atoms with Crippen LogP contribution in [0.4, 0.5) is 0 Å². The molecule has 3 aromatic rings. The zero-order valence-corrected chi connectivity index (χ0v) is 17.8. The number of aromatic nitrogens is 2. The summed E-state index contributed by atoms with van der Waals surface area (Å²) in [5, 5.41) is 6.65. The minimum absolute atomic E-state index is 0.149. The first kappa shape index (κ1) is 20.4. The number of carbonyl (C=O) groups excluding carboxylic acids is 1. The van der Waals surface area contributed by atoms with Gasteiger partial charge in [-0.3, -0.25) is 4.79 Å². The van der Waals surface area contributed by atoms with E-state index in [9.17, 15) is 4.79 Å². The number of ether oxygens (including phenoxy) is 1. The molecule has 0 bridgehead atoms. The van der Waals surface area contributed by atoms with Crippen LogP contribution in [-0.4, -0.2) is 33.6 Å². The first-order chi connectivity index (χ1) is 13.4. The Labute approximate surface area is 173 Å². The van der Waals surface area contributed by atoms with E-state index in [1.165, 1.54) is 11.3 Å². The summed E-state index contributed by atoms with van der Waals surface area (Å²) in [7, 11) is 0. The van der Waals surface area contributed by atoms with Gasteiger partial charge in [-0.1, -0.05) is 22.8 Å². The van der Waals surface area contributed by atoms with Crippen molar-refractivity contribution >= 4 is 28.8 Å². The van der Waals surface area contributed by atoms with Gasteiger partial charge in [0, 0.05) is 11.6 Å². The number of hydrogen-bond donors (Lipinski definition) is 0. The average molecular weight is 420 g/mol. The SMILES string of the molecule is CCN(Cc1nc(-c2cccs2)no1)C(=O)[C@H](C)Oc1cc(C)c(Cl)c(C)c1. The summed E-state index contributed by atoms with van der Waals surface area (Å²) in [5.41, 5.74) is 1.83. The van der Waals surface area contributed by atoms with Crippen molar-refractivity contribution in [3.8, 4) is 16.5 Å². The van der Waals surface area contributed by atoms with Crippen LogP contribution in [0.2, 0.25) is 5.02 Å². The number of likely N-dealkylation sites (N-methyl/N-ethyl adjacent to an activating group) is 1. The van der Waals surface area contributed by atoms with Gasteiger partial charge in [0.2, 0.25) is 11.7 Å². The van der Waals surface area contributed by atoms with E-state index in [1.807, 2.05) is 50.4 Å². The Bertz CT molecular complexity index is 933. The predicted octanol–water partition coefficient (Wildman–Crippen LogP) is 4.88. The molecule has 0 aliphatic heterocycles. The summed E-state index contributed by atoms with van der Waals surface area (Å²) in [4.78, 5) is 19.8. The number of benzene rings is 1. The van der Waals surface area contributed by atoms with Crippen molar-refractivity contribution in [3.63, 3.8) is 0 Å². The lowest BCUT2D eigenvalue weighted by atomic mass is 10.1. The lowest BCUT2D eigenvalue weighted by Gasteiger charge is -2.23. The summed E-state index contributed by atoms with van der Waals surface area (Å²) in [6, 6.07) is 7.52. The second kappa shape index (κ2) is 8.75.